The van der Waals surface area contributed by atoms with Crippen molar-refractivity contribution in [1.29, 1.82) is 0 Å². The summed E-state index contributed by atoms with van der Waals surface area (Å²) < 4.78 is 0. The van der Waals surface area contributed by atoms with Gasteiger partial charge in [-0.05, 0) is 38.0 Å². The van der Waals surface area contributed by atoms with Gasteiger partial charge < -0.3 is 5.32 Å². The third kappa shape index (κ3) is 2.27. The van der Waals surface area contributed by atoms with Crippen LogP contribution in [0.5, 0.6) is 0 Å². The number of hydrogen-bond acceptors (Lipinski definition) is 2. The molecule has 0 spiro atoms. The fourth-order valence-corrected chi connectivity index (χ4v) is 1.89. The lowest BCUT2D eigenvalue weighted by molar-refractivity contribution is 0.102. The zero-order valence-corrected chi connectivity index (χ0v) is 10.2. The van der Waals surface area contributed by atoms with Crippen molar-refractivity contribution in [3.8, 4) is 0 Å². The Hall–Kier alpha value is -2.10. The third-order valence-corrected chi connectivity index (χ3v) is 3.16. The van der Waals surface area contributed by atoms with Gasteiger partial charge in [0.05, 0.1) is 0 Å². The van der Waals surface area contributed by atoms with Crippen molar-refractivity contribution in [2.75, 3.05) is 5.32 Å². The van der Waals surface area contributed by atoms with Crippen molar-refractivity contribution in [2.24, 2.45) is 0 Å². The Balaban J connectivity index is 1.71. The lowest BCUT2D eigenvalue weighted by Crippen LogP contribution is -2.12. The first kappa shape index (κ1) is 11.0. The predicted molar refractivity (Wildman–Crippen MR) is 69.7 cm³/mol. The number of nitrogens with zero attached hydrogens (tertiary/aromatic N) is 1. The highest BCUT2D eigenvalue weighted by Crippen LogP contribution is 2.39. The quantitative estimate of drug-likeness (QED) is 0.868. The normalized spacial score (nSPS) is 14.5. The topological polar surface area (TPSA) is 57.8 Å². The molecule has 2 N–H and O–H groups in total. The van der Waals surface area contributed by atoms with Crippen molar-refractivity contribution in [1.82, 2.24) is 10.2 Å². The first-order valence-corrected chi connectivity index (χ1v) is 6.16. The van der Waals surface area contributed by atoms with E-state index in [2.05, 4.69) is 15.5 Å². The number of rotatable bonds is 3. The second-order valence-electron chi connectivity index (χ2n) is 4.80. The van der Waals surface area contributed by atoms with Crippen LogP contribution in [0.25, 0.3) is 0 Å². The summed E-state index contributed by atoms with van der Waals surface area (Å²) in [7, 11) is 0. The molecule has 1 fully saturated rings. The molecule has 0 bridgehead atoms. The van der Waals surface area contributed by atoms with E-state index in [0.29, 0.717) is 11.6 Å². The number of carbonyl (C=O) groups excluding carboxylic acids is 1. The summed E-state index contributed by atoms with van der Waals surface area (Å²) in [5, 5.41) is 9.82. The van der Waals surface area contributed by atoms with Crippen LogP contribution in [0.3, 0.4) is 0 Å². The first-order chi connectivity index (χ1) is 8.72. The van der Waals surface area contributed by atoms with E-state index < -0.39 is 0 Å². The highest BCUT2D eigenvalue weighted by molar-refractivity contribution is 6.02. The number of benzene rings is 1. The predicted octanol–water partition coefficient (Wildman–Crippen LogP) is 2.85. The van der Waals surface area contributed by atoms with E-state index in [1.807, 2.05) is 37.3 Å². The van der Waals surface area contributed by atoms with Gasteiger partial charge in [0.15, 0.2) is 5.69 Å². The lowest BCUT2D eigenvalue weighted by Gasteiger charge is -2.02. The second-order valence-corrected chi connectivity index (χ2v) is 4.80. The Bertz CT molecular complexity index is 567. The minimum atomic E-state index is -0.165. The molecule has 1 aliphatic rings. The molecule has 1 heterocycles. The Morgan fingerprint density at radius 2 is 2.06 bits per heavy atom. The molecule has 0 saturated heterocycles. The summed E-state index contributed by atoms with van der Waals surface area (Å²) in [6, 6.07) is 9.57. The van der Waals surface area contributed by atoms with Gasteiger partial charge in [-0.1, -0.05) is 17.7 Å². The number of aromatic nitrogens is 2. The number of aryl methyl sites for hydroxylation is 1. The molecule has 4 heteroatoms. The summed E-state index contributed by atoms with van der Waals surface area (Å²) in [5.41, 5.74) is 3.49. The molecule has 4 nitrogen and oxygen atoms in total. The van der Waals surface area contributed by atoms with Gasteiger partial charge in [-0.2, -0.15) is 5.10 Å². The molecule has 1 aromatic carbocycles. The van der Waals surface area contributed by atoms with E-state index in [1.54, 1.807) is 0 Å². The number of anilines is 1. The number of nitrogens with one attached hydrogen (secondary N) is 2. The van der Waals surface area contributed by atoms with Crippen molar-refractivity contribution < 1.29 is 4.79 Å². The van der Waals surface area contributed by atoms with E-state index in [1.165, 1.54) is 18.4 Å². The fraction of sp³-hybridized carbons (Fsp3) is 0.286. The molecule has 0 unspecified atom stereocenters. The molecule has 1 saturated carbocycles. The molecular weight excluding hydrogens is 226 g/mol. The van der Waals surface area contributed by atoms with Crippen LogP contribution < -0.4 is 5.32 Å². The van der Waals surface area contributed by atoms with Crippen LogP contribution in [-0.2, 0) is 0 Å². The average Bonchev–Trinajstić information content (AvgIpc) is 3.10. The second kappa shape index (κ2) is 4.29. The lowest BCUT2D eigenvalue weighted by atomic mass is 10.2. The largest absolute Gasteiger partial charge is 0.321 e. The van der Waals surface area contributed by atoms with Gasteiger partial charge in [-0.25, -0.2) is 0 Å². The number of H-pyrrole nitrogens is 1. The molecule has 0 aliphatic heterocycles. The van der Waals surface area contributed by atoms with Crippen molar-refractivity contribution in [3.63, 3.8) is 0 Å². The van der Waals surface area contributed by atoms with Gasteiger partial charge in [0.25, 0.3) is 5.91 Å². The zero-order chi connectivity index (χ0) is 12.5. The average molecular weight is 241 g/mol. The molecule has 18 heavy (non-hydrogen) atoms. The van der Waals surface area contributed by atoms with Crippen LogP contribution in [-0.4, -0.2) is 16.1 Å². The summed E-state index contributed by atoms with van der Waals surface area (Å²) >= 11 is 0. The van der Waals surface area contributed by atoms with Crippen molar-refractivity contribution in [3.05, 3.63) is 47.3 Å². The fourth-order valence-electron chi connectivity index (χ4n) is 1.89. The first-order valence-electron chi connectivity index (χ1n) is 6.16. The maximum Gasteiger partial charge on any atom is 0.276 e. The maximum absolute atomic E-state index is 12.0. The van der Waals surface area contributed by atoms with Crippen molar-refractivity contribution in [2.45, 2.75) is 25.7 Å². The summed E-state index contributed by atoms with van der Waals surface area (Å²) in [4.78, 5) is 12.0. The molecule has 3 rings (SSSR count). The summed E-state index contributed by atoms with van der Waals surface area (Å²) in [5.74, 6) is 0.417. The van der Waals surface area contributed by atoms with Gasteiger partial charge in [0.1, 0.15) is 0 Å². The van der Waals surface area contributed by atoms with Gasteiger partial charge in [0.2, 0.25) is 0 Å². The van der Waals surface area contributed by atoms with E-state index >= 15 is 0 Å². The van der Waals surface area contributed by atoms with Crippen molar-refractivity contribution >= 4 is 11.6 Å². The van der Waals surface area contributed by atoms with E-state index in [9.17, 15) is 4.79 Å². The van der Waals surface area contributed by atoms with Crippen LogP contribution in [0, 0.1) is 6.92 Å². The Morgan fingerprint density at radius 1 is 1.33 bits per heavy atom. The van der Waals surface area contributed by atoms with Gasteiger partial charge in [-0.15, -0.1) is 0 Å². The minimum Gasteiger partial charge on any atom is -0.321 e. The number of aromatic amines is 1. The molecule has 0 atom stereocenters. The Kier molecular flexibility index (Phi) is 2.63. The Labute approximate surface area is 105 Å². The van der Waals surface area contributed by atoms with Crippen LogP contribution in [0.1, 0.15) is 40.5 Å². The number of hydrogen-bond donors (Lipinski definition) is 2. The monoisotopic (exact) mass is 241 g/mol. The molecular formula is C14H15N3O. The van der Waals surface area contributed by atoms with Gasteiger partial charge >= 0.3 is 0 Å². The molecule has 1 aliphatic carbocycles. The Morgan fingerprint density at radius 3 is 2.72 bits per heavy atom. The minimum absolute atomic E-state index is 0.165. The van der Waals surface area contributed by atoms with Gasteiger partial charge in [0, 0.05) is 17.3 Å². The molecule has 92 valence electrons. The highest BCUT2D eigenvalue weighted by atomic mass is 16.1. The smallest absolute Gasteiger partial charge is 0.276 e. The van der Waals surface area contributed by atoms with Crippen LogP contribution in [0.15, 0.2) is 30.3 Å². The molecule has 2 aromatic rings. The number of amides is 1. The molecule has 0 radical (unpaired) electrons. The number of carbonyl (C=O) groups is 1. The standard InChI is InChI=1S/C14H15N3O/c1-9-2-6-11(7-3-9)15-14(18)13-8-12(16-17-13)10-4-5-10/h2-3,6-8,10H,4-5H2,1H3,(H,15,18)(H,16,17). The van der Waals surface area contributed by atoms with Crippen LogP contribution in [0.2, 0.25) is 0 Å². The molecule has 1 amide bonds. The summed E-state index contributed by atoms with van der Waals surface area (Å²) in [6.45, 7) is 2.02. The highest BCUT2D eigenvalue weighted by Gasteiger charge is 2.26. The summed E-state index contributed by atoms with van der Waals surface area (Å²) in [6.07, 6.45) is 2.39. The SMILES string of the molecule is Cc1ccc(NC(=O)c2cc(C3CC3)[nH]n2)cc1. The van der Waals surface area contributed by atoms with Crippen LogP contribution in [0.4, 0.5) is 5.69 Å². The maximum atomic E-state index is 12.0. The third-order valence-electron chi connectivity index (χ3n) is 3.16. The zero-order valence-electron chi connectivity index (χ0n) is 10.2. The van der Waals surface area contributed by atoms with E-state index in [0.717, 1.165) is 11.4 Å². The van der Waals surface area contributed by atoms with Gasteiger partial charge in [-0.3, -0.25) is 9.89 Å². The van der Waals surface area contributed by atoms with Crippen LogP contribution >= 0.6 is 0 Å². The van der Waals surface area contributed by atoms with E-state index in [4.69, 9.17) is 0 Å². The molecule has 1 aromatic heterocycles. The van der Waals surface area contributed by atoms with E-state index in [-0.39, 0.29) is 5.91 Å².